The van der Waals surface area contributed by atoms with E-state index in [2.05, 4.69) is 21.2 Å². The summed E-state index contributed by atoms with van der Waals surface area (Å²) in [6.07, 6.45) is 3.30. The van der Waals surface area contributed by atoms with Gasteiger partial charge in [-0.25, -0.2) is 0 Å². The molecule has 0 aliphatic heterocycles. The minimum atomic E-state index is -0.492. The Morgan fingerprint density at radius 2 is 2.26 bits per heavy atom. The maximum Gasteiger partial charge on any atom is 0.313 e. The molecule has 0 atom stereocenters. The number of nitrogens with one attached hydrogen (secondary N) is 1. The summed E-state index contributed by atoms with van der Waals surface area (Å²) in [7, 11) is 0. The van der Waals surface area contributed by atoms with Crippen molar-refractivity contribution in [1.29, 1.82) is 0 Å². The van der Waals surface area contributed by atoms with Crippen LogP contribution >= 0.6 is 27.5 Å². The van der Waals surface area contributed by atoms with E-state index in [1.165, 1.54) is 18.9 Å². The van der Waals surface area contributed by atoms with Gasteiger partial charge < -0.3 is 10.1 Å². The van der Waals surface area contributed by atoms with Crippen molar-refractivity contribution in [1.82, 2.24) is 5.32 Å². The second-order valence-corrected chi connectivity index (χ2v) is 5.71. The summed E-state index contributed by atoms with van der Waals surface area (Å²) < 4.78 is 6.00. The predicted octanol–water partition coefficient (Wildman–Crippen LogP) is 3.53. The number of nitro groups is 1. The van der Waals surface area contributed by atoms with Gasteiger partial charge in [-0.1, -0.05) is 11.6 Å². The molecule has 19 heavy (non-hydrogen) atoms. The van der Waals surface area contributed by atoms with Crippen LogP contribution in [-0.4, -0.2) is 24.1 Å². The first kappa shape index (κ1) is 14.6. The maximum absolute atomic E-state index is 10.9. The van der Waals surface area contributed by atoms with Crippen LogP contribution < -0.4 is 10.1 Å². The van der Waals surface area contributed by atoms with Crippen LogP contribution in [0.4, 0.5) is 5.69 Å². The summed E-state index contributed by atoms with van der Waals surface area (Å²) in [6.45, 7) is 1.30. The Hall–Kier alpha value is -0.850. The Morgan fingerprint density at radius 1 is 1.53 bits per heavy atom. The van der Waals surface area contributed by atoms with Crippen LogP contribution in [0, 0.1) is 10.1 Å². The van der Waals surface area contributed by atoms with Gasteiger partial charge in [-0.05, 0) is 47.8 Å². The molecular weight excluding hydrogens is 336 g/mol. The van der Waals surface area contributed by atoms with Crippen molar-refractivity contribution in [3.63, 3.8) is 0 Å². The van der Waals surface area contributed by atoms with E-state index in [0.717, 1.165) is 13.0 Å². The van der Waals surface area contributed by atoms with E-state index in [1.54, 1.807) is 6.07 Å². The molecule has 0 aromatic heterocycles. The van der Waals surface area contributed by atoms with E-state index in [9.17, 15) is 10.1 Å². The molecule has 1 fully saturated rings. The highest BCUT2D eigenvalue weighted by Crippen LogP contribution is 2.37. The molecule has 0 unspecified atom stereocenters. The zero-order valence-corrected chi connectivity index (χ0v) is 12.5. The van der Waals surface area contributed by atoms with Crippen LogP contribution in [0.1, 0.15) is 19.3 Å². The molecule has 1 aliphatic rings. The fraction of sp³-hybridized carbons (Fsp3) is 0.500. The molecule has 0 saturated heterocycles. The van der Waals surface area contributed by atoms with E-state index < -0.39 is 4.92 Å². The number of halogens is 2. The van der Waals surface area contributed by atoms with Gasteiger partial charge in [0.15, 0.2) is 0 Å². The smallest absolute Gasteiger partial charge is 0.313 e. The summed E-state index contributed by atoms with van der Waals surface area (Å²) in [5.41, 5.74) is -0.116. The van der Waals surface area contributed by atoms with Crippen molar-refractivity contribution in [2.75, 3.05) is 13.2 Å². The zero-order chi connectivity index (χ0) is 13.8. The Labute approximate surface area is 124 Å². The predicted molar refractivity (Wildman–Crippen MR) is 76.9 cm³/mol. The topological polar surface area (TPSA) is 64.4 Å². The van der Waals surface area contributed by atoms with Crippen molar-refractivity contribution in [3.05, 3.63) is 31.7 Å². The summed E-state index contributed by atoms with van der Waals surface area (Å²) in [5, 5.41) is 14.6. The van der Waals surface area contributed by atoms with Crippen molar-refractivity contribution in [2.45, 2.75) is 25.3 Å². The SMILES string of the molecule is O=[N+]([O-])c1cc(Cl)cc(Br)c1OCCCNC1CC1. The second kappa shape index (κ2) is 6.54. The van der Waals surface area contributed by atoms with Gasteiger partial charge in [0.1, 0.15) is 0 Å². The van der Waals surface area contributed by atoms with E-state index in [0.29, 0.717) is 22.1 Å². The average Bonchev–Trinajstić information content (AvgIpc) is 3.14. The molecule has 0 spiro atoms. The molecule has 5 nitrogen and oxygen atoms in total. The molecule has 104 valence electrons. The number of rotatable bonds is 7. The van der Waals surface area contributed by atoms with Crippen LogP contribution in [0.3, 0.4) is 0 Å². The summed E-state index contributed by atoms with van der Waals surface area (Å²) in [5.74, 6) is 0.237. The molecular formula is C12H14BrClN2O3. The Balaban J connectivity index is 1.91. The van der Waals surface area contributed by atoms with Gasteiger partial charge in [0.05, 0.1) is 16.0 Å². The van der Waals surface area contributed by atoms with Crippen LogP contribution in [0.5, 0.6) is 5.75 Å². The van der Waals surface area contributed by atoms with Crippen molar-refractivity contribution in [3.8, 4) is 5.75 Å². The molecule has 1 aliphatic carbocycles. The average molecular weight is 350 g/mol. The molecule has 2 rings (SSSR count). The molecule has 0 radical (unpaired) electrons. The molecule has 0 bridgehead atoms. The molecule has 7 heteroatoms. The van der Waals surface area contributed by atoms with E-state index >= 15 is 0 Å². The Morgan fingerprint density at radius 3 is 2.89 bits per heavy atom. The molecule has 1 N–H and O–H groups in total. The lowest BCUT2D eigenvalue weighted by Crippen LogP contribution is -2.19. The minimum absolute atomic E-state index is 0.116. The largest absolute Gasteiger partial charge is 0.486 e. The molecule has 0 heterocycles. The van der Waals surface area contributed by atoms with Gasteiger partial charge in [0.25, 0.3) is 0 Å². The van der Waals surface area contributed by atoms with Gasteiger partial charge in [-0.2, -0.15) is 0 Å². The fourth-order valence-corrected chi connectivity index (χ4v) is 2.57. The van der Waals surface area contributed by atoms with Crippen molar-refractivity contribution >= 4 is 33.2 Å². The highest BCUT2D eigenvalue weighted by atomic mass is 79.9. The highest BCUT2D eigenvalue weighted by Gasteiger charge is 2.21. The van der Waals surface area contributed by atoms with Gasteiger partial charge in [-0.15, -0.1) is 0 Å². The lowest BCUT2D eigenvalue weighted by Gasteiger charge is -2.09. The number of nitrogens with zero attached hydrogens (tertiary/aromatic N) is 1. The van der Waals surface area contributed by atoms with Crippen molar-refractivity contribution < 1.29 is 9.66 Å². The first-order valence-corrected chi connectivity index (χ1v) is 7.24. The standard InChI is InChI=1S/C12H14BrClN2O3/c13-10-6-8(14)7-11(16(17)18)12(10)19-5-1-4-15-9-2-3-9/h6-7,9,15H,1-5H2. The summed E-state index contributed by atoms with van der Waals surface area (Å²) in [6, 6.07) is 3.55. The van der Waals surface area contributed by atoms with Crippen molar-refractivity contribution in [2.24, 2.45) is 0 Å². The summed E-state index contributed by atoms with van der Waals surface area (Å²) in [4.78, 5) is 10.5. The van der Waals surface area contributed by atoms with Crippen LogP contribution in [0.15, 0.2) is 16.6 Å². The number of hydrogen-bond donors (Lipinski definition) is 1. The molecule has 0 amide bonds. The lowest BCUT2D eigenvalue weighted by atomic mass is 10.3. The Kier molecular flexibility index (Phi) is 5.01. The lowest BCUT2D eigenvalue weighted by molar-refractivity contribution is -0.385. The minimum Gasteiger partial charge on any atom is -0.486 e. The monoisotopic (exact) mass is 348 g/mol. The Bertz CT molecular complexity index is 480. The quantitative estimate of drug-likeness (QED) is 0.464. The number of hydrogen-bond acceptors (Lipinski definition) is 4. The van der Waals surface area contributed by atoms with E-state index in [1.807, 2.05) is 0 Å². The van der Waals surface area contributed by atoms with Crippen LogP contribution in [0.2, 0.25) is 5.02 Å². The first-order valence-electron chi connectivity index (χ1n) is 6.07. The summed E-state index contributed by atoms with van der Waals surface area (Å²) >= 11 is 9.03. The third-order valence-corrected chi connectivity index (χ3v) is 3.57. The van der Waals surface area contributed by atoms with E-state index in [-0.39, 0.29) is 11.4 Å². The van der Waals surface area contributed by atoms with Crippen LogP contribution in [-0.2, 0) is 0 Å². The maximum atomic E-state index is 10.9. The molecule has 1 saturated carbocycles. The molecule has 1 aromatic carbocycles. The van der Waals surface area contributed by atoms with Gasteiger partial charge >= 0.3 is 5.69 Å². The van der Waals surface area contributed by atoms with E-state index in [4.69, 9.17) is 16.3 Å². The number of nitro benzene ring substituents is 1. The normalized spacial score (nSPS) is 14.4. The fourth-order valence-electron chi connectivity index (χ4n) is 1.67. The van der Waals surface area contributed by atoms with Crippen LogP contribution in [0.25, 0.3) is 0 Å². The van der Waals surface area contributed by atoms with Gasteiger partial charge in [-0.3, -0.25) is 10.1 Å². The zero-order valence-electron chi connectivity index (χ0n) is 10.2. The third-order valence-electron chi connectivity index (χ3n) is 2.76. The molecule has 1 aromatic rings. The first-order chi connectivity index (χ1) is 9.08. The number of ether oxygens (including phenoxy) is 1. The second-order valence-electron chi connectivity index (χ2n) is 4.42. The van der Waals surface area contributed by atoms with Gasteiger partial charge in [0, 0.05) is 17.1 Å². The van der Waals surface area contributed by atoms with Gasteiger partial charge in [0.2, 0.25) is 5.75 Å². The highest BCUT2D eigenvalue weighted by molar-refractivity contribution is 9.10. The third kappa shape index (κ3) is 4.33. The number of benzene rings is 1.